The van der Waals surface area contributed by atoms with E-state index < -0.39 is 0 Å². The van der Waals surface area contributed by atoms with Crippen molar-refractivity contribution >= 4 is 39.8 Å². The summed E-state index contributed by atoms with van der Waals surface area (Å²) in [7, 11) is 0. The molecular weight excluding hydrogens is 550 g/mol. The molecule has 7 heteroatoms. The van der Waals surface area contributed by atoms with Crippen molar-refractivity contribution in [2.24, 2.45) is 0 Å². The fraction of sp³-hybridized carbons (Fsp3) is 0.324. The second-order valence-corrected chi connectivity index (χ2v) is 12.1. The van der Waals surface area contributed by atoms with E-state index in [2.05, 4.69) is 40.2 Å². The third-order valence-corrected chi connectivity index (χ3v) is 9.03. The Kier molecular flexibility index (Phi) is 8.49. The number of allylic oxidation sites excluding steroid dienone is 3. The van der Waals surface area contributed by atoms with E-state index in [9.17, 15) is 14.4 Å². The van der Waals surface area contributed by atoms with Gasteiger partial charge in [-0.1, -0.05) is 42.0 Å². The highest BCUT2D eigenvalue weighted by atomic mass is 16.5. The van der Waals surface area contributed by atoms with Crippen molar-refractivity contribution in [1.29, 1.82) is 0 Å². The quantitative estimate of drug-likeness (QED) is 0.265. The lowest BCUT2D eigenvalue weighted by atomic mass is 9.94. The normalized spacial score (nSPS) is 20.0. The van der Waals surface area contributed by atoms with Gasteiger partial charge < -0.3 is 20.7 Å². The summed E-state index contributed by atoms with van der Waals surface area (Å²) in [6, 6.07) is 19.5. The van der Waals surface area contributed by atoms with E-state index in [1.807, 2.05) is 45.0 Å². The number of fused-ring (bicyclic) bond motifs is 2. The lowest BCUT2D eigenvalue weighted by molar-refractivity contribution is -0.117. The fourth-order valence-electron chi connectivity index (χ4n) is 6.47. The molecule has 7 nitrogen and oxygen atoms in total. The van der Waals surface area contributed by atoms with Crippen molar-refractivity contribution < 1.29 is 19.1 Å². The van der Waals surface area contributed by atoms with Gasteiger partial charge in [0.05, 0.1) is 12.1 Å². The molecule has 3 amide bonds. The topological polar surface area (TPSA) is 96.5 Å². The predicted octanol–water partition coefficient (Wildman–Crippen LogP) is 6.78. The first-order valence-electron chi connectivity index (χ1n) is 15.5. The highest BCUT2D eigenvalue weighted by molar-refractivity contribution is 6.32. The van der Waals surface area contributed by atoms with Crippen molar-refractivity contribution in [3.05, 3.63) is 106 Å². The summed E-state index contributed by atoms with van der Waals surface area (Å²) in [6.07, 6.45) is 6.40. The van der Waals surface area contributed by atoms with Crippen molar-refractivity contribution in [2.75, 3.05) is 18.5 Å². The molecule has 2 atom stereocenters. The molecule has 1 unspecified atom stereocenters. The fourth-order valence-corrected chi connectivity index (χ4v) is 6.47. The highest BCUT2D eigenvalue weighted by Crippen LogP contribution is 2.37. The van der Waals surface area contributed by atoms with E-state index in [1.165, 1.54) is 0 Å². The molecule has 2 heterocycles. The molecule has 3 N–H and O–H groups in total. The lowest BCUT2D eigenvalue weighted by Gasteiger charge is -2.16. The Morgan fingerprint density at radius 1 is 1.00 bits per heavy atom. The van der Waals surface area contributed by atoms with Gasteiger partial charge in [-0.3, -0.25) is 14.4 Å². The van der Waals surface area contributed by atoms with Gasteiger partial charge in [0.1, 0.15) is 0 Å². The smallest absolute Gasteiger partial charge is 0.256 e. The largest absolute Gasteiger partial charge is 0.376 e. The van der Waals surface area contributed by atoms with Crippen LogP contribution in [-0.4, -0.2) is 37.0 Å². The number of hydrogen-bond donors (Lipinski definition) is 3. The van der Waals surface area contributed by atoms with Gasteiger partial charge in [-0.05, 0) is 111 Å². The number of nitrogens with one attached hydrogen (secondary N) is 3. The zero-order valence-electron chi connectivity index (χ0n) is 25.6. The van der Waals surface area contributed by atoms with Crippen LogP contribution in [0.5, 0.6) is 0 Å². The summed E-state index contributed by atoms with van der Waals surface area (Å²) >= 11 is 0. The molecule has 226 valence electrons. The minimum Gasteiger partial charge on any atom is -0.376 e. The second-order valence-electron chi connectivity index (χ2n) is 12.1. The van der Waals surface area contributed by atoms with Gasteiger partial charge in [0.15, 0.2) is 0 Å². The van der Waals surface area contributed by atoms with E-state index in [-0.39, 0.29) is 29.9 Å². The molecular formula is C37H39N3O4. The van der Waals surface area contributed by atoms with Gasteiger partial charge in [0, 0.05) is 41.1 Å². The van der Waals surface area contributed by atoms with Crippen LogP contribution in [0, 0.1) is 0 Å². The third kappa shape index (κ3) is 6.10. The van der Waals surface area contributed by atoms with Gasteiger partial charge >= 0.3 is 0 Å². The van der Waals surface area contributed by atoms with Crippen LogP contribution in [0.1, 0.15) is 80.4 Å². The number of rotatable bonds is 7. The Labute approximate surface area is 258 Å². The SMILES string of the molecule is CC1=C(C(=O)NCC2CCCO2)C(C)=C(/C=C2\C(=O)Nc3ccc(C(=O)N[C@H](C)c4ccc5ccccc5c4)cc32)CCC1. The molecule has 3 aliphatic rings. The number of hydrogen-bond acceptors (Lipinski definition) is 4. The monoisotopic (exact) mass is 589 g/mol. The Morgan fingerprint density at radius 3 is 2.61 bits per heavy atom. The van der Waals surface area contributed by atoms with E-state index in [0.717, 1.165) is 71.8 Å². The van der Waals surface area contributed by atoms with Gasteiger partial charge in [-0.15, -0.1) is 0 Å². The van der Waals surface area contributed by atoms with Crippen LogP contribution in [-0.2, 0) is 14.3 Å². The first-order chi connectivity index (χ1) is 21.3. The number of anilines is 1. The first kappa shape index (κ1) is 29.6. The maximum Gasteiger partial charge on any atom is 0.256 e. The maximum absolute atomic E-state index is 13.4. The van der Waals surface area contributed by atoms with E-state index >= 15 is 0 Å². The van der Waals surface area contributed by atoms with Crippen LogP contribution in [0.15, 0.2) is 89.0 Å². The van der Waals surface area contributed by atoms with Crippen LogP contribution >= 0.6 is 0 Å². The minimum absolute atomic E-state index is 0.0668. The lowest BCUT2D eigenvalue weighted by Crippen LogP contribution is -2.33. The average Bonchev–Trinajstić information content (AvgIpc) is 3.62. The molecule has 0 radical (unpaired) electrons. The Morgan fingerprint density at radius 2 is 1.82 bits per heavy atom. The predicted molar refractivity (Wildman–Crippen MR) is 174 cm³/mol. The minimum atomic E-state index is -0.211. The van der Waals surface area contributed by atoms with Gasteiger partial charge in [-0.25, -0.2) is 0 Å². The number of carbonyl (C=O) groups is 3. The molecule has 2 aliphatic heterocycles. The standard InChI is InChI=1S/C37H39N3O4/c1-22-8-6-11-26(23(2)34(22)37(43)38-21-30-12-7-17-44-30)19-32-31-20-29(15-16-33(31)40-36(32)42)35(41)39-24(3)27-14-13-25-9-4-5-10-28(25)18-27/h4-5,9-10,13-16,18-20,24,30H,6-8,11-12,17,21H2,1-3H3,(H,38,43)(H,39,41)(H,40,42)/b32-19-/t24-,30?/m1/s1. The summed E-state index contributed by atoms with van der Waals surface area (Å²) in [5.41, 5.74) is 6.96. The third-order valence-electron chi connectivity index (χ3n) is 9.03. The molecule has 1 aliphatic carbocycles. The summed E-state index contributed by atoms with van der Waals surface area (Å²) in [5.74, 6) is -0.512. The molecule has 6 rings (SSSR count). The number of carbonyl (C=O) groups excluding carboxylic acids is 3. The zero-order chi connectivity index (χ0) is 30.8. The number of benzene rings is 3. The van der Waals surface area contributed by atoms with E-state index in [0.29, 0.717) is 34.5 Å². The first-order valence-corrected chi connectivity index (χ1v) is 15.5. The number of ether oxygens (including phenoxy) is 1. The molecule has 1 fully saturated rings. The maximum atomic E-state index is 13.4. The van der Waals surface area contributed by atoms with Crippen molar-refractivity contribution in [3.8, 4) is 0 Å². The van der Waals surface area contributed by atoms with E-state index in [4.69, 9.17) is 4.74 Å². The molecule has 3 aromatic rings. The Hall–Kier alpha value is -4.49. The van der Waals surface area contributed by atoms with Crippen LogP contribution in [0.25, 0.3) is 16.3 Å². The Balaban J connectivity index is 1.24. The Bertz CT molecular complexity index is 1740. The second kappa shape index (κ2) is 12.6. The van der Waals surface area contributed by atoms with Crippen molar-refractivity contribution in [3.63, 3.8) is 0 Å². The van der Waals surface area contributed by atoms with Crippen LogP contribution in [0.2, 0.25) is 0 Å². The van der Waals surface area contributed by atoms with Gasteiger partial charge in [0.25, 0.3) is 17.7 Å². The molecule has 0 bridgehead atoms. The summed E-state index contributed by atoms with van der Waals surface area (Å²) < 4.78 is 5.68. The van der Waals surface area contributed by atoms with E-state index in [1.54, 1.807) is 18.2 Å². The molecule has 0 spiro atoms. The van der Waals surface area contributed by atoms with Crippen LogP contribution in [0.4, 0.5) is 5.69 Å². The molecule has 44 heavy (non-hydrogen) atoms. The molecule has 0 aromatic heterocycles. The summed E-state index contributed by atoms with van der Waals surface area (Å²) in [4.78, 5) is 39.9. The van der Waals surface area contributed by atoms with Crippen molar-refractivity contribution in [2.45, 2.75) is 65.0 Å². The molecule has 1 saturated heterocycles. The van der Waals surface area contributed by atoms with Crippen LogP contribution in [0.3, 0.4) is 0 Å². The summed E-state index contributed by atoms with van der Waals surface area (Å²) in [6.45, 7) is 7.20. The zero-order valence-corrected chi connectivity index (χ0v) is 25.6. The van der Waals surface area contributed by atoms with Crippen molar-refractivity contribution in [1.82, 2.24) is 10.6 Å². The molecule has 0 saturated carbocycles. The number of amides is 3. The molecule has 3 aromatic carbocycles. The summed E-state index contributed by atoms with van der Waals surface area (Å²) in [5, 5.41) is 11.4. The average molecular weight is 590 g/mol. The highest BCUT2D eigenvalue weighted by Gasteiger charge is 2.28. The van der Waals surface area contributed by atoms with Gasteiger partial charge in [0.2, 0.25) is 0 Å². The van der Waals surface area contributed by atoms with Crippen LogP contribution < -0.4 is 16.0 Å². The van der Waals surface area contributed by atoms with Gasteiger partial charge in [-0.2, -0.15) is 0 Å².